The Morgan fingerprint density at radius 1 is 1.17 bits per heavy atom. The van der Waals surface area contributed by atoms with Gasteiger partial charge in [-0.1, -0.05) is 32.0 Å². The van der Waals surface area contributed by atoms with Crippen LogP contribution < -0.4 is 4.74 Å². The van der Waals surface area contributed by atoms with E-state index in [1.807, 2.05) is 41.2 Å². The summed E-state index contributed by atoms with van der Waals surface area (Å²) in [5, 5.41) is 4.52. The topological polar surface area (TPSA) is 27.1 Å². The second-order valence-electron chi connectivity index (χ2n) is 4.67. The van der Waals surface area contributed by atoms with Crippen LogP contribution in [0.2, 0.25) is 0 Å². The van der Waals surface area contributed by atoms with E-state index >= 15 is 0 Å². The zero-order valence-electron chi connectivity index (χ0n) is 11.0. The lowest BCUT2D eigenvalue weighted by Gasteiger charge is -2.06. The molecule has 0 aliphatic heterocycles. The Labute approximate surface area is 108 Å². The first kappa shape index (κ1) is 12.7. The SMILES string of the molecule is CC(C)c1ccn(CCCOc2ccccc2)n1. The number of hydrogen-bond acceptors (Lipinski definition) is 2. The highest BCUT2D eigenvalue weighted by Gasteiger charge is 2.02. The lowest BCUT2D eigenvalue weighted by Crippen LogP contribution is -2.05. The predicted octanol–water partition coefficient (Wildman–Crippen LogP) is 3.48. The van der Waals surface area contributed by atoms with Crippen LogP contribution in [-0.4, -0.2) is 16.4 Å². The summed E-state index contributed by atoms with van der Waals surface area (Å²) >= 11 is 0. The molecule has 0 saturated carbocycles. The van der Waals surface area contributed by atoms with E-state index < -0.39 is 0 Å². The van der Waals surface area contributed by atoms with E-state index in [2.05, 4.69) is 25.0 Å². The van der Waals surface area contributed by atoms with E-state index in [9.17, 15) is 0 Å². The molecular weight excluding hydrogens is 224 g/mol. The molecule has 0 N–H and O–H groups in total. The minimum Gasteiger partial charge on any atom is -0.494 e. The Kier molecular flexibility index (Phi) is 4.40. The van der Waals surface area contributed by atoms with Gasteiger partial charge in [-0.2, -0.15) is 5.10 Å². The highest BCUT2D eigenvalue weighted by atomic mass is 16.5. The van der Waals surface area contributed by atoms with Crippen molar-refractivity contribution in [1.82, 2.24) is 9.78 Å². The molecule has 96 valence electrons. The molecule has 0 aliphatic carbocycles. The first-order valence-corrected chi connectivity index (χ1v) is 6.47. The monoisotopic (exact) mass is 244 g/mol. The van der Waals surface area contributed by atoms with Gasteiger partial charge in [0.15, 0.2) is 0 Å². The molecule has 3 heteroatoms. The molecule has 0 fully saturated rings. The molecule has 1 heterocycles. The number of benzene rings is 1. The van der Waals surface area contributed by atoms with Crippen molar-refractivity contribution in [3.8, 4) is 5.75 Å². The van der Waals surface area contributed by atoms with Gasteiger partial charge in [0, 0.05) is 19.2 Å². The first-order chi connectivity index (χ1) is 8.75. The highest BCUT2D eigenvalue weighted by Crippen LogP contribution is 2.11. The third kappa shape index (κ3) is 3.62. The van der Waals surface area contributed by atoms with E-state index in [0.717, 1.165) is 31.0 Å². The van der Waals surface area contributed by atoms with Gasteiger partial charge in [0.2, 0.25) is 0 Å². The second kappa shape index (κ2) is 6.24. The predicted molar refractivity (Wildman–Crippen MR) is 72.9 cm³/mol. The van der Waals surface area contributed by atoms with Gasteiger partial charge in [-0.3, -0.25) is 4.68 Å². The van der Waals surface area contributed by atoms with Crippen LogP contribution in [0.4, 0.5) is 0 Å². The summed E-state index contributed by atoms with van der Waals surface area (Å²) < 4.78 is 7.63. The van der Waals surface area contributed by atoms with Crippen LogP contribution in [0.15, 0.2) is 42.6 Å². The zero-order valence-corrected chi connectivity index (χ0v) is 11.0. The minimum atomic E-state index is 0.492. The number of aromatic nitrogens is 2. The third-order valence-corrected chi connectivity index (χ3v) is 2.80. The Morgan fingerprint density at radius 2 is 1.94 bits per heavy atom. The number of ether oxygens (including phenoxy) is 1. The van der Waals surface area contributed by atoms with Gasteiger partial charge in [-0.05, 0) is 24.1 Å². The summed E-state index contributed by atoms with van der Waals surface area (Å²) in [7, 11) is 0. The zero-order chi connectivity index (χ0) is 12.8. The van der Waals surface area contributed by atoms with Gasteiger partial charge < -0.3 is 4.74 Å². The number of hydrogen-bond donors (Lipinski definition) is 0. The Balaban J connectivity index is 1.72. The van der Waals surface area contributed by atoms with Crippen LogP contribution in [0.5, 0.6) is 5.75 Å². The minimum absolute atomic E-state index is 0.492. The lowest BCUT2D eigenvalue weighted by atomic mass is 10.1. The molecule has 0 atom stereocenters. The van der Waals surface area contributed by atoms with Crippen molar-refractivity contribution in [3.63, 3.8) is 0 Å². The lowest BCUT2D eigenvalue weighted by molar-refractivity contribution is 0.298. The summed E-state index contributed by atoms with van der Waals surface area (Å²) in [6.07, 6.45) is 3.01. The van der Waals surface area contributed by atoms with E-state index in [4.69, 9.17) is 4.74 Å². The molecule has 3 nitrogen and oxygen atoms in total. The van der Waals surface area contributed by atoms with Gasteiger partial charge in [-0.15, -0.1) is 0 Å². The van der Waals surface area contributed by atoms with Crippen molar-refractivity contribution >= 4 is 0 Å². The molecule has 0 saturated heterocycles. The van der Waals surface area contributed by atoms with Crippen molar-refractivity contribution in [3.05, 3.63) is 48.3 Å². The fourth-order valence-electron chi connectivity index (χ4n) is 1.74. The standard InChI is InChI=1S/C15H20N2O/c1-13(2)15-9-11-17(16-15)10-6-12-18-14-7-4-3-5-8-14/h3-5,7-9,11,13H,6,10,12H2,1-2H3. The molecule has 1 aromatic carbocycles. The fourth-order valence-corrected chi connectivity index (χ4v) is 1.74. The number of para-hydroxylation sites is 1. The quantitative estimate of drug-likeness (QED) is 0.727. The van der Waals surface area contributed by atoms with Crippen LogP contribution in [0.3, 0.4) is 0 Å². The Hall–Kier alpha value is -1.77. The van der Waals surface area contributed by atoms with E-state index in [1.54, 1.807) is 0 Å². The van der Waals surface area contributed by atoms with Crippen molar-refractivity contribution in [2.45, 2.75) is 32.7 Å². The van der Waals surface area contributed by atoms with Gasteiger partial charge in [0.05, 0.1) is 12.3 Å². The summed E-state index contributed by atoms with van der Waals surface area (Å²) in [6, 6.07) is 12.0. The summed E-state index contributed by atoms with van der Waals surface area (Å²) in [5.41, 5.74) is 1.15. The third-order valence-electron chi connectivity index (χ3n) is 2.80. The van der Waals surface area contributed by atoms with Crippen LogP contribution in [-0.2, 0) is 6.54 Å². The van der Waals surface area contributed by atoms with E-state index in [-0.39, 0.29) is 0 Å². The molecule has 0 aliphatic rings. The maximum absolute atomic E-state index is 5.64. The smallest absolute Gasteiger partial charge is 0.119 e. The van der Waals surface area contributed by atoms with Crippen molar-refractivity contribution in [2.24, 2.45) is 0 Å². The summed E-state index contributed by atoms with van der Waals surface area (Å²) in [4.78, 5) is 0. The Bertz CT molecular complexity index is 462. The molecule has 1 aromatic heterocycles. The fraction of sp³-hybridized carbons (Fsp3) is 0.400. The van der Waals surface area contributed by atoms with Gasteiger partial charge in [0.1, 0.15) is 5.75 Å². The van der Waals surface area contributed by atoms with E-state index in [1.165, 1.54) is 0 Å². The molecule has 18 heavy (non-hydrogen) atoms. The largest absolute Gasteiger partial charge is 0.494 e. The summed E-state index contributed by atoms with van der Waals surface area (Å²) in [6.45, 7) is 5.94. The average molecular weight is 244 g/mol. The van der Waals surface area contributed by atoms with Crippen LogP contribution in [0, 0.1) is 0 Å². The number of nitrogens with zero attached hydrogens (tertiary/aromatic N) is 2. The molecule has 2 rings (SSSR count). The highest BCUT2D eigenvalue weighted by molar-refractivity contribution is 5.20. The summed E-state index contributed by atoms with van der Waals surface area (Å²) in [5.74, 6) is 1.42. The normalized spacial score (nSPS) is 10.8. The second-order valence-corrected chi connectivity index (χ2v) is 4.67. The van der Waals surface area contributed by atoms with Crippen molar-refractivity contribution in [2.75, 3.05) is 6.61 Å². The van der Waals surface area contributed by atoms with Gasteiger partial charge in [0.25, 0.3) is 0 Å². The van der Waals surface area contributed by atoms with Gasteiger partial charge >= 0.3 is 0 Å². The van der Waals surface area contributed by atoms with Crippen molar-refractivity contribution < 1.29 is 4.74 Å². The van der Waals surface area contributed by atoms with Crippen LogP contribution in [0.25, 0.3) is 0 Å². The Morgan fingerprint density at radius 3 is 2.61 bits per heavy atom. The van der Waals surface area contributed by atoms with Crippen LogP contribution in [0.1, 0.15) is 31.9 Å². The molecule has 0 unspecified atom stereocenters. The molecule has 0 radical (unpaired) electrons. The first-order valence-electron chi connectivity index (χ1n) is 6.47. The van der Waals surface area contributed by atoms with E-state index in [0.29, 0.717) is 5.92 Å². The number of rotatable bonds is 6. The average Bonchev–Trinajstić information content (AvgIpc) is 2.85. The maximum Gasteiger partial charge on any atom is 0.119 e. The van der Waals surface area contributed by atoms with Crippen LogP contribution >= 0.6 is 0 Å². The molecular formula is C15H20N2O. The van der Waals surface area contributed by atoms with Gasteiger partial charge in [-0.25, -0.2) is 0 Å². The number of aryl methyl sites for hydroxylation is 1. The molecule has 2 aromatic rings. The maximum atomic E-state index is 5.64. The molecule has 0 spiro atoms. The molecule has 0 bridgehead atoms. The molecule has 0 amide bonds. The van der Waals surface area contributed by atoms with Crippen molar-refractivity contribution in [1.29, 1.82) is 0 Å².